The van der Waals surface area contributed by atoms with Crippen molar-refractivity contribution in [1.82, 2.24) is 4.98 Å². The lowest BCUT2D eigenvalue weighted by atomic mass is 10.1. The quantitative estimate of drug-likeness (QED) is 0.637. The van der Waals surface area contributed by atoms with Crippen LogP contribution in [0.15, 0.2) is 35.1 Å². The maximum absolute atomic E-state index is 5.17. The molecule has 2 rings (SSSR count). The first-order valence-corrected chi connectivity index (χ1v) is 3.75. The summed E-state index contributed by atoms with van der Waals surface area (Å²) in [6.07, 6.45) is 3.21. The summed E-state index contributed by atoms with van der Waals surface area (Å²) in [5.41, 5.74) is 2.06. The second-order valence-corrected chi connectivity index (χ2v) is 2.55. The monoisotopic (exact) mass is 158 g/mol. The highest BCUT2D eigenvalue weighted by Crippen LogP contribution is 2.19. The molecule has 1 aromatic carbocycles. The van der Waals surface area contributed by atoms with Crippen molar-refractivity contribution in [3.8, 4) is 11.5 Å². The molecule has 59 valence electrons. The lowest BCUT2D eigenvalue weighted by molar-refractivity contribution is 0.574. The molecule has 1 radical (unpaired) electrons. The van der Waals surface area contributed by atoms with Gasteiger partial charge in [0.2, 0.25) is 5.89 Å². The summed E-state index contributed by atoms with van der Waals surface area (Å²) in [5.74, 6) is 0.657. The van der Waals surface area contributed by atoms with E-state index in [-0.39, 0.29) is 0 Å². The van der Waals surface area contributed by atoms with Crippen molar-refractivity contribution in [3.63, 3.8) is 0 Å². The predicted octanol–water partition coefficient (Wildman–Crippen LogP) is 2.45. The number of benzene rings is 1. The van der Waals surface area contributed by atoms with Gasteiger partial charge in [0, 0.05) is 5.56 Å². The molecule has 0 fully saturated rings. The van der Waals surface area contributed by atoms with Crippen molar-refractivity contribution in [1.29, 1.82) is 0 Å². The highest BCUT2D eigenvalue weighted by Gasteiger charge is 2.03. The average molecular weight is 158 g/mol. The standard InChI is InChI=1S/C10H8NO/c1-8-4-2-3-5-9(8)10-11-6-7-12-10/h2-3,5-7H,1H3. The topological polar surface area (TPSA) is 26.0 Å². The maximum Gasteiger partial charge on any atom is 0.226 e. The second-order valence-electron chi connectivity index (χ2n) is 2.55. The zero-order chi connectivity index (χ0) is 8.39. The molecule has 0 amide bonds. The van der Waals surface area contributed by atoms with E-state index in [0.717, 1.165) is 11.1 Å². The largest absolute Gasteiger partial charge is 0.445 e. The molecular weight excluding hydrogens is 150 g/mol. The van der Waals surface area contributed by atoms with E-state index in [2.05, 4.69) is 11.1 Å². The van der Waals surface area contributed by atoms with Crippen LogP contribution in [0.2, 0.25) is 0 Å². The number of aromatic nitrogens is 1. The van der Waals surface area contributed by atoms with Crippen molar-refractivity contribution in [3.05, 3.63) is 42.3 Å². The molecule has 1 aromatic heterocycles. The van der Waals surface area contributed by atoms with Crippen LogP contribution in [0.25, 0.3) is 11.5 Å². The van der Waals surface area contributed by atoms with Gasteiger partial charge in [-0.1, -0.05) is 12.1 Å². The van der Waals surface area contributed by atoms with Crippen molar-refractivity contribution < 1.29 is 4.42 Å². The van der Waals surface area contributed by atoms with Gasteiger partial charge in [-0.15, -0.1) is 0 Å². The third kappa shape index (κ3) is 1.11. The molecule has 1 heterocycles. The molecule has 0 aliphatic rings. The van der Waals surface area contributed by atoms with Crippen LogP contribution in [-0.4, -0.2) is 4.98 Å². The van der Waals surface area contributed by atoms with Gasteiger partial charge < -0.3 is 4.42 Å². The molecule has 12 heavy (non-hydrogen) atoms. The first-order valence-electron chi connectivity index (χ1n) is 3.75. The summed E-state index contributed by atoms with van der Waals surface area (Å²) in [4.78, 5) is 4.06. The highest BCUT2D eigenvalue weighted by atomic mass is 16.3. The molecule has 0 bridgehead atoms. The van der Waals surface area contributed by atoms with Gasteiger partial charge in [-0.3, -0.25) is 0 Å². The molecule has 0 spiro atoms. The van der Waals surface area contributed by atoms with Gasteiger partial charge in [-0.25, -0.2) is 4.98 Å². The Balaban J connectivity index is 2.55. The van der Waals surface area contributed by atoms with E-state index < -0.39 is 0 Å². The molecule has 0 unspecified atom stereocenters. The number of nitrogens with zero attached hydrogens (tertiary/aromatic N) is 1. The minimum atomic E-state index is 0.657. The van der Waals surface area contributed by atoms with Gasteiger partial charge in [0.15, 0.2) is 0 Å². The fourth-order valence-corrected chi connectivity index (χ4v) is 1.11. The predicted molar refractivity (Wildman–Crippen MR) is 45.5 cm³/mol. The summed E-state index contributed by atoms with van der Waals surface area (Å²) < 4.78 is 5.17. The van der Waals surface area contributed by atoms with Crippen molar-refractivity contribution in [2.75, 3.05) is 0 Å². The highest BCUT2D eigenvalue weighted by molar-refractivity contribution is 5.57. The Morgan fingerprint density at radius 3 is 3.08 bits per heavy atom. The van der Waals surface area contributed by atoms with Crippen LogP contribution in [-0.2, 0) is 0 Å². The van der Waals surface area contributed by atoms with Gasteiger partial charge in [0.1, 0.15) is 6.26 Å². The molecule has 0 saturated heterocycles. The van der Waals surface area contributed by atoms with E-state index in [1.54, 1.807) is 12.5 Å². The zero-order valence-corrected chi connectivity index (χ0v) is 6.74. The van der Waals surface area contributed by atoms with Crippen molar-refractivity contribution in [2.45, 2.75) is 6.92 Å². The number of hydrogen-bond acceptors (Lipinski definition) is 2. The summed E-state index contributed by atoms with van der Waals surface area (Å²) in [5, 5.41) is 0. The van der Waals surface area contributed by atoms with E-state index in [0.29, 0.717) is 5.89 Å². The van der Waals surface area contributed by atoms with Gasteiger partial charge in [-0.05, 0) is 24.6 Å². The molecule has 2 heteroatoms. The minimum absolute atomic E-state index is 0.657. The Labute approximate surface area is 70.9 Å². The van der Waals surface area contributed by atoms with Gasteiger partial charge >= 0.3 is 0 Å². The van der Waals surface area contributed by atoms with Gasteiger partial charge in [-0.2, -0.15) is 0 Å². The van der Waals surface area contributed by atoms with Crippen LogP contribution in [0.1, 0.15) is 5.56 Å². The number of rotatable bonds is 1. The van der Waals surface area contributed by atoms with Crippen LogP contribution >= 0.6 is 0 Å². The molecule has 0 N–H and O–H groups in total. The van der Waals surface area contributed by atoms with E-state index in [4.69, 9.17) is 4.42 Å². The number of hydrogen-bond donors (Lipinski definition) is 0. The summed E-state index contributed by atoms with van der Waals surface area (Å²) >= 11 is 0. The second kappa shape index (κ2) is 2.81. The molecule has 0 aliphatic heterocycles. The number of oxazole rings is 1. The molecule has 0 aliphatic carbocycles. The molecule has 0 saturated carbocycles. The lowest BCUT2D eigenvalue weighted by Crippen LogP contribution is -1.81. The first kappa shape index (κ1) is 7.10. The van der Waals surface area contributed by atoms with Crippen LogP contribution in [0.4, 0.5) is 0 Å². The Hall–Kier alpha value is -1.57. The number of aryl methyl sites for hydroxylation is 1. The first-order chi connectivity index (χ1) is 5.88. The Bertz CT molecular complexity index is 365. The smallest absolute Gasteiger partial charge is 0.226 e. The van der Waals surface area contributed by atoms with Crippen LogP contribution in [0, 0.1) is 13.0 Å². The molecule has 0 atom stereocenters. The maximum atomic E-state index is 5.17. The third-order valence-corrected chi connectivity index (χ3v) is 1.73. The van der Waals surface area contributed by atoms with Gasteiger partial charge in [0.05, 0.1) is 6.20 Å². The Morgan fingerprint density at radius 1 is 1.50 bits per heavy atom. The summed E-state index contributed by atoms with van der Waals surface area (Å²) in [7, 11) is 0. The summed E-state index contributed by atoms with van der Waals surface area (Å²) in [6, 6.07) is 8.86. The van der Waals surface area contributed by atoms with E-state index >= 15 is 0 Å². The zero-order valence-electron chi connectivity index (χ0n) is 6.74. The average Bonchev–Trinajstić information content (AvgIpc) is 2.57. The third-order valence-electron chi connectivity index (χ3n) is 1.73. The fourth-order valence-electron chi connectivity index (χ4n) is 1.11. The van der Waals surface area contributed by atoms with Crippen molar-refractivity contribution >= 4 is 0 Å². The van der Waals surface area contributed by atoms with Crippen LogP contribution < -0.4 is 0 Å². The van der Waals surface area contributed by atoms with Gasteiger partial charge in [0.25, 0.3) is 0 Å². The van der Waals surface area contributed by atoms with Crippen molar-refractivity contribution in [2.24, 2.45) is 0 Å². The molecular formula is C10H8NO. The van der Waals surface area contributed by atoms with Crippen LogP contribution in [0.5, 0.6) is 0 Å². The van der Waals surface area contributed by atoms with E-state index in [1.807, 2.05) is 25.1 Å². The van der Waals surface area contributed by atoms with Crippen LogP contribution in [0.3, 0.4) is 0 Å². The Kier molecular flexibility index (Phi) is 1.67. The lowest BCUT2D eigenvalue weighted by Gasteiger charge is -1.97. The fraction of sp³-hybridized carbons (Fsp3) is 0.100. The SMILES string of the molecule is Cc1[c]cccc1-c1ncco1. The van der Waals surface area contributed by atoms with E-state index in [1.165, 1.54) is 0 Å². The molecule has 2 aromatic rings. The summed E-state index contributed by atoms with van der Waals surface area (Å²) in [6.45, 7) is 1.99. The van der Waals surface area contributed by atoms with E-state index in [9.17, 15) is 0 Å². The normalized spacial score (nSPS) is 10.1. The Morgan fingerprint density at radius 2 is 2.42 bits per heavy atom. The minimum Gasteiger partial charge on any atom is -0.445 e. The molecule has 2 nitrogen and oxygen atoms in total.